The zero-order valence-corrected chi connectivity index (χ0v) is 13.2. The Balaban J connectivity index is 1.99. The summed E-state index contributed by atoms with van der Waals surface area (Å²) in [5, 5.41) is 2.62. The SMILES string of the molecule is C[C@@H](CN1C(=O)c2ccccc2C1=O)NC(=O)OC(C)(C)C. The van der Waals surface area contributed by atoms with Gasteiger partial charge in [0.2, 0.25) is 0 Å². The lowest BCUT2D eigenvalue weighted by molar-refractivity contribution is 0.0474. The van der Waals surface area contributed by atoms with Crippen molar-refractivity contribution in [3.05, 3.63) is 35.4 Å². The maximum absolute atomic E-state index is 12.2. The maximum Gasteiger partial charge on any atom is 0.407 e. The van der Waals surface area contributed by atoms with Gasteiger partial charge in [0.05, 0.1) is 11.1 Å². The lowest BCUT2D eigenvalue weighted by Gasteiger charge is -2.24. The zero-order valence-electron chi connectivity index (χ0n) is 13.2. The van der Waals surface area contributed by atoms with E-state index in [9.17, 15) is 14.4 Å². The fraction of sp³-hybridized carbons (Fsp3) is 0.438. The topological polar surface area (TPSA) is 75.7 Å². The first kappa shape index (κ1) is 16.0. The Morgan fingerprint density at radius 3 is 2.14 bits per heavy atom. The fourth-order valence-corrected chi connectivity index (χ4v) is 2.23. The van der Waals surface area contributed by atoms with E-state index in [4.69, 9.17) is 4.74 Å². The van der Waals surface area contributed by atoms with Crippen molar-refractivity contribution in [1.82, 2.24) is 10.2 Å². The average Bonchev–Trinajstić information content (AvgIpc) is 2.62. The molecule has 1 aromatic carbocycles. The lowest BCUT2D eigenvalue weighted by atomic mass is 10.1. The van der Waals surface area contributed by atoms with Crippen molar-refractivity contribution in [3.8, 4) is 0 Å². The number of carbonyl (C=O) groups is 3. The molecule has 3 amide bonds. The summed E-state index contributed by atoms with van der Waals surface area (Å²) < 4.78 is 5.15. The van der Waals surface area contributed by atoms with Crippen LogP contribution < -0.4 is 5.32 Å². The van der Waals surface area contributed by atoms with E-state index in [0.29, 0.717) is 11.1 Å². The van der Waals surface area contributed by atoms with Gasteiger partial charge in [-0.05, 0) is 39.8 Å². The molecule has 0 aromatic heterocycles. The van der Waals surface area contributed by atoms with Gasteiger partial charge in [0.15, 0.2) is 0 Å². The highest BCUT2D eigenvalue weighted by Crippen LogP contribution is 2.22. The molecule has 1 aliphatic heterocycles. The van der Waals surface area contributed by atoms with Gasteiger partial charge in [0.1, 0.15) is 5.60 Å². The van der Waals surface area contributed by atoms with Gasteiger partial charge in [0, 0.05) is 12.6 Å². The molecule has 1 atom stereocenters. The predicted molar refractivity (Wildman–Crippen MR) is 80.6 cm³/mol. The molecule has 0 fully saturated rings. The van der Waals surface area contributed by atoms with Gasteiger partial charge in [-0.1, -0.05) is 12.1 Å². The molecule has 22 heavy (non-hydrogen) atoms. The molecule has 0 bridgehead atoms. The number of benzene rings is 1. The summed E-state index contributed by atoms with van der Waals surface area (Å²) in [6.45, 7) is 7.11. The molecule has 1 aromatic rings. The first-order valence-electron chi connectivity index (χ1n) is 7.14. The van der Waals surface area contributed by atoms with Crippen molar-refractivity contribution in [2.24, 2.45) is 0 Å². The van der Waals surface area contributed by atoms with Crippen molar-refractivity contribution in [2.75, 3.05) is 6.54 Å². The first-order chi connectivity index (χ1) is 10.2. The van der Waals surface area contributed by atoms with Crippen LogP contribution in [0, 0.1) is 0 Å². The lowest BCUT2D eigenvalue weighted by Crippen LogP contribution is -2.45. The molecule has 6 nitrogen and oxygen atoms in total. The van der Waals surface area contributed by atoms with Crippen molar-refractivity contribution in [2.45, 2.75) is 39.3 Å². The van der Waals surface area contributed by atoms with Gasteiger partial charge in [-0.3, -0.25) is 14.5 Å². The number of hydrogen-bond donors (Lipinski definition) is 1. The molecule has 0 saturated carbocycles. The van der Waals surface area contributed by atoms with E-state index in [1.807, 2.05) is 0 Å². The van der Waals surface area contributed by atoms with Crippen LogP contribution >= 0.6 is 0 Å². The van der Waals surface area contributed by atoms with Crippen LogP contribution in [0.25, 0.3) is 0 Å². The molecule has 0 unspecified atom stereocenters. The minimum atomic E-state index is -0.598. The highest BCUT2D eigenvalue weighted by molar-refractivity contribution is 6.21. The first-order valence-corrected chi connectivity index (χ1v) is 7.14. The molecule has 0 radical (unpaired) electrons. The molecule has 2 rings (SSSR count). The summed E-state index contributed by atoms with van der Waals surface area (Å²) >= 11 is 0. The standard InChI is InChI=1S/C16H20N2O4/c1-10(17-15(21)22-16(2,3)4)9-18-13(19)11-7-5-6-8-12(11)14(18)20/h5-8,10H,9H2,1-4H3,(H,17,21)/t10-/m0/s1. The molecule has 118 valence electrons. The van der Waals surface area contributed by atoms with Crippen molar-refractivity contribution >= 4 is 17.9 Å². The van der Waals surface area contributed by atoms with Crippen molar-refractivity contribution < 1.29 is 19.1 Å². The third kappa shape index (κ3) is 3.44. The number of nitrogens with one attached hydrogen (secondary N) is 1. The summed E-state index contributed by atoms with van der Waals surface area (Å²) in [4.78, 5) is 37.3. The summed E-state index contributed by atoms with van der Waals surface area (Å²) in [6, 6.07) is 6.28. The van der Waals surface area contributed by atoms with Gasteiger partial charge in [0.25, 0.3) is 11.8 Å². The third-order valence-corrected chi connectivity index (χ3v) is 3.10. The summed E-state index contributed by atoms with van der Waals surface area (Å²) in [7, 11) is 0. The number of nitrogens with zero attached hydrogens (tertiary/aromatic N) is 1. The van der Waals surface area contributed by atoms with Crippen LogP contribution in [-0.4, -0.2) is 41.0 Å². The van der Waals surface area contributed by atoms with Gasteiger partial charge in [-0.25, -0.2) is 4.79 Å². The van der Waals surface area contributed by atoms with Crippen LogP contribution in [0.1, 0.15) is 48.4 Å². The fourth-order valence-electron chi connectivity index (χ4n) is 2.23. The Labute approximate surface area is 129 Å². The van der Waals surface area contributed by atoms with Crippen LogP contribution in [0.3, 0.4) is 0 Å². The molecule has 1 heterocycles. The average molecular weight is 304 g/mol. The van der Waals surface area contributed by atoms with E-state index < -0.39 is 17.7 Å². The van der Waals surface area contributed by atoms with Crippen LogP contribution in [-0.2, 0) is 4.74 Å². The second-order valence-electron chi connectivity index (χ2n) is 6.31. The highest BCUT2D eigenvalue weighted by Gasteiger charge is 2.36. The Bertz CT molecular complexity index is 584. The quantitative estimate of drug-likeness (QED) is 0.869. The number of carbonyl (C=O) groups excluding carboxylic acids is 3. The van der Waals surface area contributed by atoms with Gasteiger partial charge in [-0.2, -0.15) is 0 Å². The van der Waals surface area contributed by atoms with Crippen LogP contribution in [0.5, 0.6) is 0 Å². The minimum absolute atomic E-state index is 0.103. The van der Waals surface area contributed by atoms with E-state index in [0.717, 1.165) is 4.90 Å². The predicted octanol–water partition coefficient (Wildman–Crippen LogP) is 2.20. The largest absolute Gasteiger partial charge is 0.444 e. The molecule has 1 N–H and O–H groups in total. The Morgan fingerprint density at radius 1 is 1.18 bits per heavy atom. The molecular weight excluding hydrogens is 284 g/mol. The summed E-state index contributed by atoms with van der Waals surface area (Å²) in [5.41, 5.74) is 0.202. The molecule has 1 aliphatic rings. The molecule has 0 spiro atoms. The Morgan fingerprint density at radius 2 is 1.68 bits per heavy atom. The summed E-state index contributed by atoms with van der Waals surface area (Å²) in [6.07, 6.45) is -0.573. The van der Waals surface area contributed by atoms with Crippen LogP contribution in [0.4, 0.5) is 4.79 Å². The van der Waals surface area contributed by atoms with E-state index in [-0.39, 0.29) is 18.4 Å². The number of amides is 3. The zero-order chi connectivity index (χ0) is 16.5. The summed E-state index contributed by atoms with van der Waals surface area (Å²) in [5.74, 6) is -0.670. The number of alkyl carbamates (subject to hydrolysis) is 1. The van der Waals surface area contributed by atoms with E-state index in [1.165, 1.54) is 0 Å². The van der Waals surface area contributed by atoms with E-state index in [2.05, 4.69) is 5.32 Å². The van der Waals surface area contributed by atoms with E-state index >= 15 is 0 Å². The molecular formula is C16H20N2O4. The number of rotatable bonds is 3. The normalized spacial score (nSPS) is 15.5. The van der Waals surface area contributed by atoms with Gasteiger partial charge < -0.3 is 10.1 Å². The smallest absolute Gasteiger partial charge is 0.407 e. The maximum atomic E-state index is 12.2. The Hall–Kier alpha value is -2.37. The number of imide groups is 1. The molecule has 6 heteroatoms. The monoisotopic (exact) mass is 304 g/mol. The highest BCUT2D eigenvalue weighted by atomic mass is 16.6. The van der Waals surface area contributed by atoms with Crippen LogP contribution in [0.2, 0.25) is 0 Å². The molecule has 0 aliphatic carbocycles. The van der Waals surface area contributed by atoms with Crippen molar-refractivity contribution in [1.29, 1.82) is 0 Å². The second kappa shape index (κ2) is 5.79. The van der Waals surface area contributed by atoms with Crippen LogP contribution in [0.15, 0.2) is 24.3 Å². The van der Waals surface area contributed by atoms with Gasteiger partial charge >= 0.3 is 6.09 Å². The number of fused-ring (bicyclic) bond motifs is 1. The van der Waals surface area contributed by atoms with Gasteiger partial charge in [-0.15, -0.1) is 0 Å². The number of hydrogen-bond acceptors (Lipinski definition) is 4. The van der Waals surface area contributed by atoms with Crippen molar-refractivity contribution in [3.63, 3.8) is 0 Å². The Kier molecular flexibility index (Phi) is 4.21. The van der Waals surface area contributed by atoms with E-state index in [1.54, 1.807) is 52.0 Å². The second-order valence-corrected chi connectivity index (χ2v) is 6.31. The third-order valence-electron chi connectivity index (χ3n) is 3.10. The minimum Gasteiger partial charge on any atom is -0.444 e. The molecule has 0 saturated heterocycles. The number of ether oxygens (including phenoxy) is 1.